The van der Waals surface area contributed by atoms with Crippen molar-refractivity contribution in [3.63, 3.8) is 0 Å². The van der Waals surface area contributed by atoms with Crippen molar-refractivity contribution in [1.29, 1.82) is 0 Å². The lowest BCUT2D eigenvalue weighted by atomic mass is 9.98. The molecule has 3 atom stereocenters. The van der Waals surface area contributed by atoms with Gasteiger partial charge in [0, 0.05) is 47.2 Å². The number of carbonyl (C=O) groups is 3. The Bertz CT molecular complexity index is 2320. The predicted molar refractivity (Wildman–Crippen MR) is 229 cm³/mol. The molecule has 0 saturated carbocycles. The first-order valence-electron chi connectivity index (χ1n) is 20.4. The van der Waals surface area contributed by atoms with E-state index < -0.39 is 10.0 Å². The number of fused-ring (bicyclic) bond motifs is 3. The molecule has 8 rings (SSSR count). The van der Waals surface area contributed by atoms with E-state index in [9.17, 15) is 22.8 Å². The molecule has 3 fully saturated rings. The smallest absolute Gasteiger partial charge is 0.256 e. The normalized spacial score (nSPS) is 21.9. The highest BCUT2D eigenvalue weighted by atomic mass is 35.5. The maximum Gasteiger partial charge on any atom is 0.256 e. The lowest BCUT2D eigenvalue weighted by Gasteiger charge is -2.39. The zero-order chi connectivity index (χ0) is 40.6. The van der Waals surface area contributed by atoms with Gasteiger partial charge >= 0.3 is 0 Å². The Labute approximate surface area is 345 Å². The first-order valence-corrected chi connectivity index (χ1v) is 22.4. The summed E-state index contributed by atoms with van der Waals surface area (Å²) >= 11 is 6.60. The average Bonchev–Trinajstić information content (AvgIpc) is 3.81. The molecule has 3 amide bonds. The first-order chi connectivity index (χ1) is 27.9. The minimum Gasteiger partial charge on any atom is -0.359 e. The third-order valence-electron chi connectivity index (χ3n) is 12.3. The van der Waals surface area contributed by atoms with Crippen molar-refractivity contribution in [2.75, 3.05) is 37.2 Å². The highest BCUT2D eigenvalue weighted by Gasteiger charge is 2.47. The van der Waals surface area contributed by atoms with E-state index in [1.54, 1.807) is 22.5 Å². The Balaban J connectivity index is 0.793. The molecular formula is C45H51ClN6O5S. The molecule has 4 N–H and O–H groups in total. The molecule has 0 radical (unpaired) electrons. The minimum absolute atomic E-state index is 0.0792. The standard InChI is InChI=1S/C45H51ClN6O5S/c1-28-21-29(2)48-41(28)25-38-37-24-39(40(46)26-42(37)50-44(38)54)45(55)49-34-22-35-13-14-36(23-34)52(35)58(56,57)27-30-15-19-51(20-16-30)18-6-17-47-43(53)33-11-9-32(10-12-33)31-7-4-3-5-8-31/h3-5,7-12,21,24-26,30,34-36,48H,6,13-20,22-23,27H2,1-2H3,(H,47,53)(H,49,55)(H,50,54)/b38-25-/t34?,35-,36+. The second kappa shape index (κ2) is 16.8. The summed E-state index contributed by atoms with van der Waals surface area (Å²) < 4.78 is 29.6. The number of amides is 3. The maximum absolute atomic E-state index is 13.9. The van der Waals surface area contributed by atoms with E-state index in [0.717, 1.165) is 79.8 Å². The van der Waals surface area contributed by atoms with E-state index in [1.165, 1.54) is 0 Å². The number of piperidine rings is 2. The van der Waals surface area contributed by atoms with E-state index in [-0.39, 0.29) is 58.1 Å². The van der Waals surface area contributed by atoms with Crippen LogP contribution in [-0.4, -0.2) is 90.4 Å². The van der Waals surface area contributed by atoms with Gasteiger partial charge in [-0.05, 0) is 137 Å². The van der Waals surface area contributed by atoms with Crippen molar-refractivity contribution in [2.24, 2.45) is 5.92 Å². The molecule has 4 aliphatic heterocycles. The van der Waals surface area contributed by atoms with Crippen LogP contribution in [0, 0.1) is 19.8 Å². The Morgan fingerprint density at radius 3 is 2.26 bits per heavy atom. The van der Waals surface area contributed by atoms with Crippen LogP contribution in [0.4, 0.5) is 5.69 Å². The van der Waals surface area contributed by atoms with Gasteiger partial charge in [-0.1, -0.05) is 54.1 Å². The van der Waals surface area contributed by atoms with Gasteiger partial charge in [0.1, 0.15) is 0 Å². The van der Waals surface area contributed by atoms with Gasteiger partial charge in [0.15, 0.2) is 0 Å². The number of hydrogen-bond donors (Lipinski definition) is 4. The van der Waals surface area contributed by atoms with E-state index >= 15 is 0 Å². The highest BCUT2D eigenvalue weighted by molar-refractivity contribution is 7.89. The van der Waals surface area contributed by atoms with Crippen LogP contribution in [0.5, 0.6) is 0 Å². The van der Waals surface area contributed by atoms with Crippen LogP contribution in [0.3, 0.4) is 0 Å². The fraction of sp³-hybridized carbons (Fsp3) is 0.400. The molecule has 304 valence electrons. The fourth-order valence-corrected chi connectivity index (χ4v) is 12.0. The lowest BCUT2D eigenvalue weighted by molar-refractivity contribution is -0.110. The molecule has 13 heteroatoms. The van der Waals surface area contributed by atoms with Crippen LogP contribution in [0.1, 0.15) is 88.2 Å². The maximum atomic E-state index is 13.9. The third-order valence-corrected chi connectivity index (χ3v) is 14.7. The number of aromatic nitrogens is 1. The molecule has 5 heterocycles. The summed E-state index contributed by atoms with van der Waals surface area (Å²) in [4.78, 5) is 45.0. The highest BCUT2D eigenvalue weighted by Crippen LogP contribution is 2.40. The molecule has 4 aliphatic rings. The largest absolute Gasteiger partial charge is 0.359 e. The van der Waals surface area contributed by atoms with Crippen LogP contribution in [0.2, 0.25) is 5.02 Å². The van der Waals surface area contributed by atoms with Crippen LogP contribution in [-0.2, 0) is 14.8 Å². The van der Waals surface area contributed by atoms with Gasteiger partial charge in [-0.25, -0.2) is 8.42 Å². The van der Waals surface area contributed by atoms with Crippen molar-refractivity contribution in [2.45, 2.75) is 76.9 Å². The molecule has 11 nitrogen and oxygen atoms in total. The second-order valence-electron chi connectivity index (χ2n) is 16.4. The van der Waals surface area contributed by atoms with Crippen molar-refractivity contribution in [3.8, 4) is 11.1 Å². The Hall–Kier alpha value is -4.75. The average molecular weight is 823 g/mol. The first kappa shape index (κ1) is 40.0. The number of aromatic amines is 1. The fourth-order valence-electron chi connectivity index (χ4n) is 9.35. The number of H-pyrrole nitrogens is 1. The van der Waals surface area contributed by atoms with E-state index in [1.807, 2.05) is 74.5 Å². The monoisotopic (exact) mass is 822 g/mol. The quantitative estimate of drug-likeness (QED) is 0.0893. The number of carbonyl (C=O) groups excluding carboxylic acids is 3. The number of benzene rings is 3. The number of rotatable bonds is 12. The molecule has 1 unspecified atom stereocenters. The Morgan fingerprint density at radius 1 is 0.897 bits per heavy atom. The molecule has 3 aromatic carbocycles. The number of halogens is 1. The summed E-state index contributed by atoms with van der Waals surface area (Å²) in [5.41, 5.74) is 7.57. The van der Waals surface area contributed by atoms with Crippen LogP contribution >= 0.6 is 11.6 Å². The van der Waals surface area contributed by atoms with Gasteiger partial charge in [0.25, 0.3) is 17.7 Å². The van der Waals surface area contributed by atoms with Gasteiger partial charge in [0.05, 0.1) is 27.6 Å². The molecule has 0 aliphatic carbocycles. The minimum atomic E-state index is -3.48. The molecule has 58 heavy (non-hydrogen) atoms. The van der Waals surface area contributed by atoms with Crippen molar-refractivity contribution >= 4 is 56.7 Å². The third kappa shape index (κ3) is 8.66. The van der Waals surface area contributed by atoms with Gasteiger partial charge in [-0.2, -0.15) is 4.31 Å². The van der Waals surface area contributed by atoms with Gasteiger partial charge in [-0.3, -0.25) is 14.4 Å². The van der Waals surface area contributed by atoms with E-state index in [4.69, 9.17) is 11.6 Å². The summed E-state index contributed by atoms with van der Waals surface area (Å²) in [5.74, 6) is -0.417. The van der Waals surface area contributed by atoms with Gasteiger partial charge in [-0.15, -0.1) is 0 Å². The summed E-state index contributed by atoms with van der Waals surface area (Å²) in [7, 11) is -3.48. The topological polar surface area (TPSA) is 144 Å². The molecular weight excluding hydrogens is 772 g/mol. The second-order valence-corrected chi connectivity index (χ2v) is 18.7. The van der Waals surface area contributed by atoms with Gasteiger partial charge < -0.3 is 25.8 Å². The molecule has 4 aromatic rings. The number of aryl methyl sites for hydroxylation is 2. The Morgan fingerprint density at radius 2 is 1.59 bits per heavy atom. The summed E-state index contributed by atoms with van der Waals surface area (Å²) in [5, 5.41) is 9.29. The van der Waals surface area contributed by atoms with Crippen LogP contribution < -0.4 is 16.0 Å². The zero-order valence-corrected chi connectivity index (χ0v) is 34.6. The predicted octanol–water partition coefficient (Wildman–Crippen LogP) is 7.03. The summed E-state index contributed by atoms with van der Waals surface area (Å²) in [6.45, 7) is 7.05. The molecule has 2 bridgehead atoms. The summed E-state index contributed by atoms with van der Waals surface area (Å²) in [6.07, 6.45) is 6.94. The summed E-state index contributed by atoms with van der Waals surface area (Å²) in [6, 6.07) is 22.6. The molecule has 0 spiro atoms. The molecule has 1 aromatic heterocycles. The van der Waals surface area contributed by atoms with Crippen LogP contribution in [0.25, 0.3) is 22.8 Å². The number of hydrogen-bond acceptors (Lipinski definition) is 6. The van der Waals surface area contributed by atoms with Crippen molar-refractivity contribution in [1.82, 2.24) is 24.8 Å². The van der Waals surface area contributed by atoms with E-state index in [0.29, 0.717) is 41.8 Å². The Kier molecular flexibility index (Phi) is 11.6. The number of sulfonamides is 1. The number of anilines is 1. The SMILES string of the molecule is Cc1cc(C)c(/C=C2\C(=O)Nc3cc(Cl)c(C(=O)NC4C[C@H]5CC[C@@H](C4)N5S(=O)(=O)CC4CCN(CCCNC(=O)c5ccc(-c6ccccc6)cc5)CC4)cc32)[nH]1. The van der Waals surface area contributed by atoms with Crippen molar-refractivity contribution in [3.05, 3.63) is 111 Å². The van der Waals surface area contributed by atoms with Crippen molar-refractivity contribution < 1.29 is 22.8 Å². The van der Waals surface area contributed by atoms with E-state index in [2.05, 4.69) is 25.8 Å². The number of likely N-dealkylation sites (tertiary alicyclic amines) is 1. The lowest BCUT2D eigenvalue weighted by Crippen LogP contribution is -2.53. The molecule has 3 saturated heterocycles. The van der Waals surface area contributed by atoms with Crippen LogP contribution in [0.15, 0.2) is 72.8 Å². The number of nitrogens with one attached hydrogen (secondary N) is 4. The van der Waals surface area contributed by atoms with Gasteiger partial charge in [0.2, 0.25) is 10.0 Å². The number of nitrogens with zero attached hydrogens (tertiary/aromatic N) is 2. The zero-order valence-electron chi connectivity index (χ0n) is 33.0.